The molecule has 21 aromatic rings. The molecule has 21 aromatic carbocycles. The van der Waals surface area contributed by atoms with E-state index in [1.54, 1.807) is 0 Å². The molecular formula is C76H37IO9. The minimum absolute atomic E-state index is 0.721. The first kappa shape index (κ1) is 40.7. The molecule has 0 aliphatic heterocycles. The highest BCUT2D eigenvalue weighted by atomic mass is 127. The summed E-state index contributed by atoms with van der Waals surface area (Å²) >= 11 is 2.85. The second-order valence-corrected chi connectivity index (χ2v) is 35.1. The largest absolute Gasteiger partial charge is 0.379 e. The third kappa shape index (κ3) is 2.58. The van der Waals surface area contributed by atoms with Crippen molar-refractivity contribution in [2.75, 3.05) is 0 Å². The summed E-state index contributed by atoms with van der Waals surface area (Å²) < 4.78 is -1.19. The van der Waals surface area contributed by atoms with Crippen LogP contribution in [0.4, 0.5) is 0 Å². The number of halogens is 1. The van der Waals surface area contributed by atoms with Crippen LogP contribution in [0.1, 0.15) is 139 Å². The summed E-state index contributed by atoms with van der Waals surface area (Å²) in [5.41, 5.74) is 2.66. The van der Waals surface area contributed by atoms with Crippen molar-refractivity contribution in [2.24, 2.45) is 0 Å². The average molecular weight is 1220 g/mol. The van der Waals surface area contributed by atoms with Crippen LogP contribution >= 0.6 is 22.6 Å². The maximum absolute atomic E-state index is 17.0. The fraction of sp³-hybridized carbons (Fsp3) is 0.289. The Balaban J connectivity index is 1.07. The van der Waals surface area contributed by atoms with Gasteiger partial charge in [0.25, 0.3) is 0 Å². The Morgan fingerprint density at radius 1 is 0.233 bits per heavy atom. The normalized spacial score (nSPS) is 29.4. The molecule has 0 heterocycles. The van der Waals surface area contributed by atoms with Crippen LogP contribution in [-0.2, 0) is 64.9 Å². The molecule has 0 radical (unpaired) electrons. The van der Waals surface area contributed by atoms with Crippen LogP contribution in [0.2, 0.25) is 0 Å². The zero-order valence-corrected chi connectivity index (χ0v) is 50.2. The van der Waals surface area contributed by atoms with Crippen molar-refractivity contribution in [3.05, 3.63) is 77.9 Å². The Hall–Kier alpha value is -6.65. The third-order valence-corrected chi connectivity index (χ3v) is 27.9. The van der Waals surface area contributed by atoms with Crippen LogP contribution < -0.4 is 0 Å². The first-order chi connectivity index (χ1) is 41.0. The summed E-state index contributed by atoms with van der Waals surface area (Å²) in [5, 5.41) is 71.2. The standard InChI is InChI=1S/C76H37IO9/c1-67(2,3)79-83-71-53-43-33-23-18-13-14-16-17-15(13)20-26-24(18)34(33)44-46-36(26)38-28(20)30-22(17)32-31-21(16)29-27-19(14)25(23)35-37(27)47-49-39(29)41(31)51-52-42(32)40(30)50-48(38)58-56(46)72(54(44)53,84-80-68(4,5)6)64-63(71)65-73(85-81-69(7,8)9,57(47)55(71)45(35)43)59(49)61(51)75(77)62(52)60(50)74(58,66(64)76(65,75)78)86-82-70(10,11)12/h78H,1-12H3/t71-,72+,73-,74+,75?,76?. The molecule has 10 heteroatoms. The molecule has 2 unspecified atom stereocenters. The molecule has 86 heavy (non-hydrogen) atoms. The molecular weight excluding hydrogens is 1180 g/mol. The van der Waals surface area contributed by atoms with E-state index in [2.05, 4.69) is 106 Å². The lowest BCUT2D eigenvalue weighted by Gasteiger charge is -2.60. The van der Waals surface area contributed by atoms with Crippen LogP contribution in [0.3, 0.4) is 0 Å². The topological polar surface area (TPSA) is 94.1 Å². The minimum Gasteiger partial charge on any atom is -0.379 e. The minimum atomic E-state index is -1.95. The Bertz CT molecular complexity index is 6950. The maximum atomic E-state index is 17.0. The molecule has 6 atom stereocenters. The Labute approximate surface area is 493 Å². The molecule has 0 bridgehead atoms. The first-order valence-electron chi connectivity index (χ1n) is 31.2. The summed E-state index contributed by atoms with van der Waals surface area (Å²) in [7, 11) is 0. The summed E-state index contributed by atoms with van der Waals surface area (Å²) in [4.78, 5) is 61.9. The van der Waals surface area contributed by atoms with E-state index in [9.17, 15) is 0 Å². The molecule has 0 fully saturated rings. The number of rotatable bonds is 8. The Kier molecular flexibility index (Phi) is 4.45. The second-order valence-electron chi connectivity index (χ2n) is 33.5. The van der Waals surface area contributed by atoms with Gasteiger partial charge in [-0.2, -0.15) is 0 Å². The number of hydrogen-bond acceptors (Lipinski definition) is 9. The number of aliphatic hydroxyl groups is 1. The van der Waals surface area contributed by atoms with E-state index in [1.807, 2.05) is 0 Å². The van der Waals surface area contributed by atoms with Crippen molar-refractivity contribution in [3.8, 4) is 0 Å². The van der Waals surface area contributed by atoms with Crippen LogP contribution in [0.15, 0.2) is 22.3 Å². The summed E-state index contributed by atoms with van der Waals surface area (Å²) in [6.07, 6.45) is 0. The molecule has 1 N–H and O–H groups in total. The van der Waals surface area contributed by atoms with Crippen LogP contribution in [0.25, 0.3) is 215 Å². The second kappa shape index (κ2) is 9.40. The highest BCUT2D eigenvalue weighted by Crippen LogP contribution is 2.92. The molecule has 32 rings (SSSR count). The van der Waals surface area contributed by atoms with Gasteiger partial charge >= 0.3 is 0 Å². The van der Waals surface area contributed by atoms with Crippen LogP contribution in [0.5, 0.6) is 0 Å². The highest BCUT2D eigenvalue weighted by Gasteiger charge is 2.89. The lowest BCUT2D eigenvalue weighted by Crippen LogP contribution is -2.66. The average Bonchev–Trinajstić information content (AvgIpc) is 1.37. The smallest absolute Gasteiger partial charge is 0.181 e. The first-order valence-corrected chi connectivity index (χ1v) is 32.3. The third-order valence-electron chi connectivity index (χ3n) is 26.1. The van der Waals surface area contributed by atoms with E-state index in [1.165, 1.54) is 215 Å². The summed E-state index contributed by atoms with van der Waals surface area (Å²) in [5.74, 6) is 0. The van der Waals surface area contributed by atoms with Gasteiger partial charge in [-0.1, -0.05) is 22.6 Å². The molecule has 11 aliphatic rings. The van der Waals surface area contributed by atoms with E-state index in [4.69, 9.17) is 39.1 Å². The molecule has 0 aromatic heterocycles. The molecule has 0 amide bonds. The van der Waals surface area contributed by atoms with Gasteiger partial charge in [0.2, 0.25) is 0 Å². The number of alkyl halides is 1. The van der Waals surface area contributed by atoms with Crippen molar-refractivity contribution in [3.63, 3.8) is 0 Å². The van der Waals surface area contributed by atoms with E-state index in [0.29, 0.717) is 0 Å². The highest BCUT2D eigenvalue weighted by molar-refractivity contribution is 14.1. The number of hydrogen-bond donors (Lipinski definition) is 1. The molecule has 9 nitrogen and oxygen atoms in total. The van der Waals surface area contributed by atoms with Gasteiger partial charge < -0.3 is 5.11 Å². The molecule has 402 valence electrons. The monoisotopic (exact) mass is 1220 g/mol. The van der Waals surface area contributed by atoms with Gasteiger partial charge in [-0.3, -0.25) is 0 Å². The fourth-order valence-corrected chi connectivity index (χ4v) is 27.3. The zero-order chi connectivity index (χ0) is 55.8. The van der Waals surface area contributed by atoms with E-state index >= 15 is 5.11 Å². The van der Waals surface area contributed by atoms with Crippen molar-refractivity contribution >= 4 is 238 Å². The van der Waals surface area contributed by atoms with Crippen LogP contribution in [-0.4, -0.2) is 33.1 Å². The van der Waals surface area contributed by atoms with E-state index in [-0.39, 0.29) is 0 Å². The van der Waals surface area contributed by atoms with Crippen LogP contribution in [0, 0.1) is 0 Å². The molecule has 11 aliphatic carbocycles. The van der Waals surface area contributed by atoms with Crippen molar-refractivity contribution in [1.82, 2.24) is 0 Å². The van der Waals surface area contributed by atoms with E-state index < -0.39 is 53.8 Å². The molecule has 0 saturated heterocycles. The Morgan fingerprint density at radius 3 is 0.581 bits per heavy atom. The van der Waals surface area contributed by atoms with Gasteiger partial charge in [-0.15, -0.1) is 0 Å². The van der Waals surface area contributed by atoms with Gasteiger partial charge in [0.1, 0.15) is 9.02 Å². The van der Waals surface area contributed by atoms with Gasteiger partial charge in [-0.05, 0) is 310 Å². The maximum Gasteiger partial charge on any atom is 0.181 e. The van der Waals surface area contributed by atoms with E-state index in [0.717, 1.165) is 77.9 Å². The SMILES string of the molecule is CC(C)(C)OO[C@]12C3=C4C5=C6C3(O)C3(I)c7c1c1c8c2c2c9c%10c(c%11c%12c%13c(c%14c%15c%16c(c3c3c7c7c1c1c%17c8c9c8c9c%10c%12c%10c%12c%13c%15c%13c%15c%16c3c3c7c1c1c(c3%15)c(c%13%12)c(c9%10)c1c%178)[C@@]6%14OOC(C)(C)C)[C@@]5%11OOC(C)(C)C)[C@@]42OOC(C)(C)C. The van der Waals surface area contributed by atoms with Gasteiger partial charge in [0.15, 0.2) is 22.4 Å². The fourth-order valence-electron chi connectivity index (χ4n) is 25.6. The lowest BCUT2D eigenvalue weighted by molar-refractivity contribution is -0.408. The predicted molar refractivity (Wildman–Crippen MR) is 343 cm³/mol. The lowest BCUT2D eigenvalue weighted by atomic mass is 9.51. The van der Waals surface area contributed by atoms with Crippen molar-refractivity contribution < 1.29 is 44.2 Å². The Morgan fingerprint density at radius 2 is 0.384 bits per heavy atom. The zero-order valence-electron chi connectivity index (χ0n) is 48.1. The number of benzene rings is 15. The van der Waals surface area contributed by atoms with Gasteiger partial charge in [-0.25, -0.2) is 39.1 Å². The quantitative estimate of drug-likeness (QED) is 0.0525. The van der Waals surface area contributed by atoms with Crippen molar-refractivity contribution in [1.29, 1.82) is 0 Å². The predicted octanol–water partition coefficient (Wildman–Crippen LogP) is 18.2. The summed E-state index contributed by atoms with van der Waals surface area (Å²) in [6, 6.07) is 0. The van der Waals surface area contributed by atoms with Gasteiger partial charge in [0.05, 0.1) is 22.4 Å². The van der Waals surface area contributed by atoms with Gasteiger partial charge in [0, 0.05) is 66.8 Å². The van der Waals surface area contributed by atoms with Crippen molar-refractivity contribution in [2.45, 2.75) is 137 Å². The summed E-state index contributed by atoms with van der Waals surface area (Å²) in [6.45, 7) is 25.1. The molecule has 0 saturated carbocycles. The molecule has 0 spiro atoms.